The van der Waals surface area contributed by atoms with Gasteiger partial charge in [0.15, 0.2) is 0 Å². The number of anilines is 1. The Labute approximate surface area is 166 Å². The zero-order valence-corrected chi connectivity index (χ0v) is 15.7. The molecular weight excluding hydrogens is 374 g/mol. The number of nitro groups is 1. The third kappa shape index (κ3) is 4.75. The van der Waals surface area contributed by atoms with E-state index in [2.05, 4.69) is 22.1 Å². The summed E-state index contributed by atoms with van der Waals surface area (Å²) in [5.41, 5.74) is 1.61. The normalized spacial score (nSPS) is 9.89. The second-order valence-electron chi connectivity index (χ2n) is 5.64. The van der Waals surface area contributed by atoms with Crippen LogP contribution in [0.4, 0.5) is 11.4 Å². The topological polar surface area (TPSA) is 85.1 Å². The Kier molecular flexibility index (Phi) is 6.04. The van der Waals surface area contributed by atoms with Crippen LogP contribution in [0.3, 0.4) is 0 Å². The molecule has 0 bridgehead atoms. The summed E-state index contributed by atoms with van der Waals surface area (Å²) >= 11 is 1.41. The van der Waals surface area contributed by atoms with E-state index in [9.17, 15) is 14.9 Å². The number of hydrogen-bond donors (Lipinski definition) is 1. The molecule has 1 N–H and O–H groups in total. The third-order valence-corrected chi connectivity index (χ3v) is 4.49. The third-order valence-electron chi connectivity index (χ3n) is 3.77. The van der Waals surface area contributed by atoms with Crippen molar-refractivity contribution in [3.05, 3.63) is 93.8 Å². The van der Waals surface area contributed by atoms with Crippen LogP contribution in [-0.4, -0.2) is 22.1 Å². The highest BCUT2D eigenvalue weighted by Crippen LogP contribution is 2.25. The largest absolute Gasteiger partial charge is 0.322 e. The standard InChI is InChI=1S/C21H15N3O3S/c1-28-18-10-11-20(24(26)27)19(14-18)21(25)23-17-7-4-5-15(13-17)8-9-16-6-2-3-12-22-16/h2-7,10-14H,1H3,(H,23,25). The second-order valence-corrected chi connectivity index (χ2v) is 6.52. The zero-order chi connectivity index (χ0) is 19.9. The number of nitro benzene ring substituents is 1. The van der Waals surface area contributed by atoms with Gasteiger partial charge in [-0.2, -0.15) is 0 Å². The van der Waals surface area contributed by atoms with Crippen molar-refractivity contribution in [1.29, 1.82) is 0 Å². The van der Waals surface area contributed by atoms with Crippen molar-refractivity contribution < 1.29 is 9.72 Å². The van der Waals surface area contributed by atoms with Gasteiger partial charge < -0.3 is 5.32 Å². The minimum Gasteiger partial charge on any atom is -0.322 e. The van der Waals surface area contributed by atoms with Crippen molar-refractivity contribution >= 4 is 29.0 Å². The summed E-state index contributed by atoms with van der Waals surface area (Å²) in [7, 11) is 0. The maximum atomic E-state index is 12.6. The summed E-state index contributed by atoms with van der Waals surface area (Å²) in [6.45, 7) is 0. The number of carbonyl (C=O) groups is 1. The first-order valence-corrected chi connectivity index (χ1v) is 9.46. The summed E-state index contributed by atoms with van der Waals surface area (Å²) in [6, 6.07) is 16.9. The number of thioether (sulfide) groups is 1. The molecular formula is C21H15N3O3S. The number of nitrogens with one attached hydrogen (secondary N) is 1. The van der Waals surface area contributed by atoms with Crippen LogP contribution in [-0.2, 0) is 0 Å². The SMILES string of the molecule is CSc1ccc([N+](=O)[O-])c(C(=O)Nc2cccc(C#Cc3ccccn3)c2)c1. The van der Waals surface area contributed by atoms with Gasteiger partial charge in [0.25, 0.3) is 11.6 Å². The average molecular weight is 389 g/mol. The van der Waals surface area contributed by atoms with E-state index in [1.165, 1.54) is 23.9 Å². The van der Waals surface area contributed by atoms with Gasteiger partial charge in [-0.25, -0.2) is 4.98 Å². The monoisotopic (exact) mass is 389 g/mol. The molecule has 7 heteroatoms. The van der Waals surface area contributed by atoms with E-state index in [1.807, 2.05) is 24.5 Å². The van der Waals surface area contributed by atoms with E-state index in [0.29, 0.717) is 16.9 Å². The van der Waals surface area contributed by atoms with Gasteiger partial charge in [-0.3, -0.25) is 14.9 Å². The van der Waals surface area contributed by atoms with Crippen molar-refractivity contribution in [2.75, 3.05) is 11.6 Å². The van der Waals surface area contributed by atoms with Gasteiger partial charge in [0.1, 0.15) is 11.3 Å². The highest BCUT2D eigenvalue weighted by molar-refractivity contribution is 7.98. The van der Waals surface area contributed by atoms with E-state index in [-0.39, 0.29) is 11.3 Å². The minimum atomic E-state index is -0.562. The maximum Gasteiger partial charge on any atom is 0.282 e. The molecule has 2 aromatic carbocycles. The van der Waals surface area contributed by atoms with Gasteiger partial charge in [-0.1, -0.05) is 18.1 Å². The Morgan fingerprint density at radius 1 is 1.11 bits per heavy atom. The summed E-state index contributed by atoms with van der Waals surface area (Å²) in [6.07, 6.45) is 3.50. The van der Waals surface area contributed by atoms with Crippen molar-refractivity contribution in [1.82, 2.24) is 4.98 Å². The fourth-order valence-corrected chi connectivity index (χ4v) is 2.87. The van der Waals surface area contributed by atoms with E-state index >= 15 is 0 Å². The van der Waals surface area contributed by atoms with Crippen molar-refractivity contribution in [2.45, 2.75) is 4.90 Å². The van der Waals surface area contributed by atoms with Crippen LogP contribution in [0.1, 0.15) is 21.6 Å². The molecule has 1 amide bonds. The van der Waals surface area contributed by atoms with Gasteiger partial charge in [0.05, 0.1) is 4.92 Å². The summed E-state index contributed by atoms with van der Waals surface area (Å²) in [5.74, 6) is 5.39. The summed E-state index contributed by atoms with van der Waals surface area (Å²) in [4.78, 5) is 28.2. The molecule has 0 radical (unpaired) electrons. The number of pyridine rings is 1. The number of carbonyl (C=O) groups excluding carboxylic acids is 1. The zero-order valence-electron chi connectivity index (χ0n) is 14.9. The molecule has 1 aromatic heterocycles. The molecule has 138 valence electrons. The average Bonchev–Trinajstić information content (AvgIpc) is 2.72. The van der Waals surface area contributed by atoms with Crippen LogP contribution in [0.5, 0.6) is 0 Å². The Hall–Kier alpha value is -3.63. The van der Waals surface area contributed by atoms with Crippen LogP contribution in [0.15, 0.2) is 71.8 Å². The lowest BCUT2D eigenvalue weighted by molar-refractivity contribution is -0.385. The lowest BCUT2D eigenvalue weighted by atomic mass is 10.1. The van der Waals surface area contributed by atoms with Gasteiger partial charge in [-0.15, -0.1) is 11.8 Å². The lowest BCUT2D eigenvalue weighted by Gasteiger charge is -2.07. The Morgan fingerprint density at radius 2 is 1.96 bits per heavy atom. The smallest absolute Gasteiger partial charge is 0.282 e. The van der Waals surface area contributed by atoms with E-state index in [0.717, 1.165) is 4.90 Å². The van der Waals surface area contributed by atoms with Gasteiger partial charge in [0.2, 0.25) is 0 Å². The van der Waals surface area contributed by atoms with Crippen LogP contribution < -0.4 is 5.32 Å². The van der Waals surface area contributed by atoms with E-state index in [1.54, 1.807) is 36.5 Å². The highest BCUT2D eigenvalue weighted by Gasteiger charge is 2.20. The number of hydrogen-bond acceptors (Lipinski definition) is 5. The molecule has 3 aromatic rings. The van der Waals surface area contributed by atoms with Crippen LogP contribution in [0.2, 0.25) is 0 Å². The summed E-state index contributed by atoms with van der Waals surface area (Å²) in [5, 5.41) is 14.0. The van der Waals surface area contributed by atoms with Crippen LogP contribution in [0.25, 0.3) is 0 Å². The molecule has 3 rings (SSSR count). The first kappa shape index (κ1) is 19.1. The van der Waals surface area contributed by atoms with Crippen molar-refractivity contribution in [3.8, 4) is 11.8 Å². The Balaban J connectivity index is 1.84. The molecule has 0 aliphatic rings. The van der Waals surface area contributed by atoms with Crippen molar-refractivity contribution in [3.63, 3.8) is 0 Å². The van der Waals surface area contributed by atoms with Crippen molar-refractivity contribution in [2.24, 2.45) is 0 Å². The number of nitrogens with zero attached hydrogens (tertiary/aromatic N) is 2. The van der Waals surface area contributed by atoms with E-state index in [4.69, 9.17) is 0 Å². The molecule has 6 nitrogen and oxygen atoms in total. The Bertz CT molecular complexity index is 1090. The van der Waals surface area contributed by atoms with Gasteiger partial charge in [0, 0.05) is 28.4 Å². The molecule has 0 spiro atoms. The molecule has 28 heavy (non-hydrogen) atoms. The number of rotatable bonds is 4. The minimum absolute atomic E-state index is 0.0156. The predicted octanol–water partition coefficient (Wildman–Crippen LogP) is 4.36. The fraction of sp³-hybridized carbons (Fsp3) is 0.0476. The number of benzene rings is 2. The second kappa shape index (κ2) is 8.84. The highest BCUT2D eigenvalue weighted by atomic mass is 32.2. The molecule has 0 atom stereocenters. The maximum absolute atomic E-state index is 12.6. The first-order chi connectivity index (χ1) is 13.6. The van der Waals surface area contributed by atoms with Crippen LogP contribution >= 0.6 is 11.8 Å². The molecule has 0 unspecified atom stereocenters. The molecule has 1 heterocycles. The molecule has 0 saturated carbocycles. The fourth-order valence-electron chi connectivity index (χ4n) is 2.43. The Morgan fingerprint density at radius 3 is 2.68 bits per heavy atom. The quantitative estimate of drug-likeness (QED) is 0.310. The number of amides is 1. The van der Waals surface area contributed by atoms with Gasteiger partial charge in [-0.05, 0) is 54.6 Å². The van der Waals surface area contributed by atoms with Crippen LogP contribution in [0, 0.1) is 22.0 Å². The summed E-state index contributed by atoms with van der Waals surface area (Å²) < 4.78 is 0. The predicted molar refractivity (Wildman–Crippen MR) is 109 cm³/mol. The molecule has 0 fully saturated rings. The lowest BCUT2D eigenvalue weighted by Crippen LogP contribution is -2.14. The molecule has 0 saturated heterocycles. The van der Waals surface area contributed by atoms with Gasteiger partial charge >= 0.3 is 0 Å². The van der Waals surface area contributed by atoms with E-state index < -0.39 is 10.8 Å². The first-order valence-electron chi connectivity index (χ1n) is 8.24. The molecule has 0 aliphatic carbocycles. The number of aromatic nitrogens is 1. The molecule has 0 aliphatic heterocycles.